The van der Waals surface area contributed by atoms with Crippen molar-refractivity contribution in [2.45, 2.75) is 50.5 Å². The highest BCUT2D eigenvalue weighted by atomic mass is 16.5. The number of nitrogens with zero attached hydrogens (tertiary/aromatic N) is 3. The van der Waals surface area contributed by atoms with Gasteiger partial charge in [0.05, 0.1) is 7.11 Å². The summed E-state index contributed by atoms with van der Waals surface area (Å²) in [4.78, 5) is 16.5. The Morgan fingerprint density at radius 2 is 2.00 bits per heavy atom. The van der Waals surface area contributed by atoms with E-state index in [2.05, 4.69) is 27.5 Å². The Kier molecular flexibility index (Phi) is 5.36. The molecule has 0 saturated heterocycles. The van der Waals surface area contributed by atoms with Crippen molar-refractivity contribution in [1.29, 1.82) is 0 Å². The van der Waals surface area contributed by atoms with Gasteiger partial charge < -0.3 is 10.1 Å². The van der Waals surface area contributed by atoms with E-state index in [1.54, 1.807) is 18.1 Å². The van der Waals surface area contributed by atoms with Crippen molar-refractivity contribution < 1.29 is 9.53 Å². The Labute approximate surface area is 148 Å². The first-order chi connectivity index (χ1) is 12.1. The third-order valence-corrected chi connectivity index (χ3v) is 5.33. The molecule has 1 aromatic heterocycles. The minimum atomic E-state index is -0.362. The average Bonchev–Trinajstić information content (AvgIpc) is 3.21. The second-order valence-electron chi connectivity index (χ2n) is 6.84. The number of ether oxygens (including phenoxy) is 1. The van der Waals surface area contributed by atoms with Gasteiger partial charge in [0.15, 0.2) is 0 Å². The maximum Gasteiger partial charge on any atom is 0.244 e. The van der Waals surface area contributed by atoms with Gasteiger partial charge in [-0.1, -0.05) is 31.4 Å². The molecular weight excluding hydrogens is 316 g/mol. The van der Waals surface area contributed by atoms with Crippen LogP contribution in [0.25, 0.3) is 0 Å². The van der Waals surface area contributed by atoms with E-state index in [-0.39, 0.29) is 17.4 Å². The molecule has 1 fully saturated rings. The van der Waals surface area contributed by atoms with E-state index in [9.17, 15) is 4.79 Å². The summed E-state index contributed by atoms with van der Waals surface area (Å²) in [6, 6.07) is 7.92. The molecule has 1 heterocycles. The number of carbonyl (C=O) groups is 1. The number of amides is 1. The molecule has 1 unspecified atom stereocenters. The summed E-state index contributed by atoms with van der Waals surface area (Å²) >= 11 is 0. The zero-order valence-corrected chi connectivity index (χ0v) is 14.9. The van der Waals surface area contributed by atoms with Crippen molar-refractivity contribution in [1.82, 2.24) is 20.1 Å². The highest BCUT2D eigenvalue weighted by molar-refractivity contribution is 5.79. The van der Waals surface area contributed by atoms with Crippen LogP contribution in [0.4, 0.5) is 0 Å². The average molecular weight is 342 g/mol. The van der Waals surface area contributed by atoms with Crippen LogP contribution in [0, 0.1) is 0 Å². The van der Waals surface area contributed by atoms with E-state index in [1.165, 1.54) is 31.2 Å². The smallest absolute Gasteiger partial charge is 0.244 e. The maximum absolute atomic E-state index is 12.5. The summed E-state index contributed by atoms with van der Waals surface area (Å²) in [5.74, 6) is 0.836. The number of methoxy groups -OCH3 is 1. The molecule has 6 heteroatoms. The lowest BCUT2D eigenvalue weighted by Gasteiger charge is -2.38. The zero-order chi connectivity index (χ0) is 17.7. The molecule has 1 aliphatic carbocycles. The number of carbonyl (C=O) groups excluding carboxylic acids is 1. The van der Waals surface area contributed by atoms with E-state index in [0.29, 0.717) is 6.54 Å². The van der Waals surface area contributed by atoms with Gasteiger partial charge in [-0.15, -0.1) is 0 Å². The van der Waals surface area contributed by atoms with Crippen LogP contribution in [0.5, 0.6) is 5.75 Å². The summed E-state index contributed by atoms with van der Waals surface area (Å²) in [6.07, 6.45) is 8.87. The van der Waals surface area contributed by atoms with Crippen molar-refractivity contribution in [3.8, 4) is 5.75 Å². The fourth-order valence-corrected chi connectivity index (χ4v) is 3.68. The van der Waals surface area contributed by atoms with Gasteiger partial charge in [-0.2, -0.15) is 5.10 Å². The minimum absolute atomic E-state index is 0.00225. The van der Waals surface area contributed by atoms with E-state index >= 15 is 0 Å². The van der Waals surface area contributed by atoms with Crippen molar-refractivity contribution in [2.24, 2.45) is 0 Å². The first-order valence-electron chi connectivity index (χ1n) is 8.91. The molecule has 0 aliphatic heterocycles. The predicted octanol–water partition coefficient (Wildman–Crippen LogP) is 2.87. The molecule has 0 bridgehead atoms. The van der Waals surface area contributed by atoms with E-state index in [1.807, 2.05) is 19.1 Å². The number of hydrogen-bond acceptors (Lipinski definition) is 4. The van der Waals surface area contributed by atoms with E-state index < -0.39 is 0 Å². The molecule has 1 saturated carbocycles. The van der Waals surface area contributed by atoms with Crippen molar-refractivity contribution in [3.63, 3.8) is 0 Å². The number of rotatable bonds is 6. The number of benzene rings is 1. The summed E-state index contributed by atoms with van der Waals surface area (Å²) in [5, 5.41) is 7.21. The topological polar surface area (TPSA) is 69.0 Å². The van der Waals surface area contributed by atoms with Gasteiger partial charge in [0, 0.05) is 12.0 Å². The molecule has 1 aliphatic rings. The molecular formula is C19H26N4O2. The van der Waals surface area contributed by atoms with Gasteiger partial charge in [-0.25, -0.2) is 9.67 Å². The minimum Gasteiger partial charge on any atom is -0.497 e. The molecule has 25 heavy (non-hydrogen) atoms. The van der Waals surface area contributed by atoms with Crippen molar-refractivity contribution in [3.05, 3.63) is 42.5 Å². The second kappa shape index (κ2) is 7.68. The lowest BCUT2D eigenvalue weighted by Crippen LogP contribution is -2.44. The fraction of sp³-hybridized carbons (Fsp3) is 0.526. The SMILES string of the molecule is COc1ccc(C2(CNC(=O)C(C)n3cncn3)CCCCC2)cc1. The molecule has 2 aromatic rings. The molecule has 1 atom stereocenters. The first kappa shape index (κ1) is 17.5. The van der Waals surface area contributed by atoms with Gasteiger partial charge in [0.2, 0.25) is 5.91 Å². The molecule has 0 spiro atoms. The Morgan fingerprint density at radius 3 is 2.60 bits per heavy atom. The number of hydrogen-bond donors (Lipinski definition) is 1. The Bertz CT molecular complexity index is 676. The van der Waals surface area contributed by atoms with Crippen LogP contribution in [0.1, 0.15) is 50.6 Å². The quantitative estimate of drug-likeness (QED) is 0.876. The second-order valence-corrected chi connectivity index (χ2v) is 6.84. The number of nitrogens with one attached hydrogen (secondary N) is 1. The van der Waals surface area contributed by atoms with Gasteiger partial charge in [-0.05, 0) is 37.5 Å². The highest BCUT2D eigenvalue weighted by Crippen LogP contribution is 2.39. The van der Waals surface area contributed by atoms with Crippen LogP contribution in [-0.4, -0.2) is 34.3 Å². The van der Waals surface area contributed by atoms with Crippen LogP contribution >= 0.6 is 0 Å². The van der Waals surface area contributed by atoms with Gasteiger partial charge in [-0.3, -0.25) is 4.79 Å². The Hall–Kier alpha value is -2.37. The zero-order valence-electron chi connectivity index (χ0n) is 14.9. The van der Waals surface area contributed by atoms with Gasteiger partial charge in [0.25, 0.3) is 0 Å². The normalized spacial score (nSPS) is 17.7. The van der Waals surface area contributed by atoms with Crippen molar-refractivity contribution in [2.75, 3.05) is 13.7 Å². The first-order valence-corrected chi connectivity index (χ1v) is 8.91. The summed E-state index contributed by atoms with van der Waals surface area (Å²) in [6.45, 7) is 2.49. The molecule has 6 nitrogen and oxygen atoms in total. The van der Waals surface area contributed by atoms with Gasteiger partial charge >= 0.3 is 0 Å². The molecule has 1 amide bonds. The van der Waals surface area contributed by atoms with Crippen molar-refractivity contribution >= 4 is 5.91 Å². The van der Waals surface area contributed by atoms with Crippen LogP contribution < -0.4 is 10.1 Å². The molecule has 134 valence electrons. The largest absolute Gasteiger partial charge is 0.497 e. The van der Waals surface area contributed by atoms with Crippen LogP contribution in [0.2, 0.25) is 0 Å². The van der Waals surface area contributed by atoms with Crippen LogP contribution in [0.15, 0.2) is 36.9 Å². The van der Waals surface area contributed by atoms with Crippen LogP contribution in [-0.2, 0) is 10.2 Å². The molecule has 0 radical (unpaired) electrons. The lowest BCUT2D eigenvalue weighted by atomic mass is 9.69. The van der Waals surface area contributed by atoms with E-state index in [0.717, 1.165) is 18.6 Å². The fourth-order valence-electron chi connectivity index (χ4n) is 3.68. The maximum atomic E-state index is 12.5. The van der Waals surface area contributed by atoms with E-state index in [4.69, 9.17) is 4.74 Å². The highest BCUT2D eigenvalue weighted by Gasteiger charge is 2.34. The molecule has 1 aromatic carbocycles. The molecule has 3 rings (SSSR count). The lowest BCUT2D eigenvalue weighted by molar-refractivity contribution is -0.124. The standard InChI is InChI=1S/C19H26N4O2/c1-15(23-14-20-13-22-23)18(24)21-12-19(10-4-3-5-11-19)16-6-8-17(25-2)9-7-16/h6-9,13-15H,3-5,10-12H2,1-2H3,(H,21,24). The Morgan fingerprint density at radius 1 is 1.28 bits per heavy atom. The monoisotopic (exact) mass is 342 g/mol. The number of aromatic nitrogens is 3. The van der Waals surface area contributed by atoms with Crippen LogP contribution in [0.3, 0.4) is 0 Å². The van der Waals surface area contributed by atoms with Gasteiger partial charge in [0.1, 0.15) is 24.4 Å². The Balaban J connectivity index is 1.73. The summed E-state index contributed by atoms with van der Waals surface area (Å²) < 4.78 is 6.85. The third kappa shape index (κ3) is 3.83. The summed E-state index contributed by atoms with van der Waals surface area (Å²) in [5.41, 5.74) is 1.28. The third-order valence-electron chi connectivity index (χ3n) is 5.33. The predicted molar refractivity (Wildman–Crippen MR) is 95.5 cm³/mol. The molecule has 1 N–H and O–H groups in total. The summed E-state index contributed by atoms with van der Waals surface area (Å²) in [7, 11) is 1.68.